The van der Waals surface area contributed by atoms with E-state index in [0.29, 0.717) is 0 Å². The van der Waals surface area contributed by atoms with Crippen LogP contribution in [0.1, 0.15) is 5.56 Å². The van der Waals surface area contributed by atoms with Crippen LogP contribution >= 0.6 is 0 Å². The molecular weight excluding hydrogens is 346 g/mol. The molecule has 1 aliphatic heterocycles. The van der Waals surface area contributed by atoms with Crippen molar-refractivity contribution in [1.29, 1.82) is 0 Å². The van der Waals surface area contributed by atoms with Gasteiger partial charge in [0.15, 0.2) is 0 Å². The minimum atomic E-state index is 0.845. The van der Waals surface area contributed by atoms with E-state index < -0.39 is 0 Å². The molecule has 2 heterocycles. The van der Waals surface area contributed by atoms with Crippen LogP contribution in [0.3, 0.4) is 0 Å². The average molecular weight is 367 g/mol. The number of benzene rings is 3. The highest BCUT2D eigenvalue weighted by atomic mass is 16.5. The molecule has 0 spiro atoms. The van der Waals surface area contributed by atoms with Gasteiger partial charge in [-0.1, -0.05) is 54.6 Å². The van der Waals surface area contributed by atoms with E-state index >= 15 is 0 Å². The summed E-state index contributed by atoms with van der Waals surface area (Å²) in [5.41, 5.74) is 6.95. The highest BCUT2D eigenvalue weighted by Crippen LogP contribution is 2.35. The standard InChI is InChI=1S/C24H21N3O/c1-28-21-13-11-20(12-14-21)27-24-22(15-16-25-24)23(26-27)19-9-7-18(8-10-19)17-5-3-2-4-6-17/h2-14,25H,15-16H2,1H3. The molecule has 138 valence electrons. The average Bonchev–Trinajstić information content (AvgIpc) is 3.38. The van der Waals surface area contributed by atoms with Crippen LogP contribution in [-0.2, 0) is 6.42 Å². The summed E-state index contributed by atoms with van der Waals surface area (Å²) in [5, 5.41) is 8.44. The van der Waals surface area contributed by atoms with Crippen molar-refractivity contribution in [3.63, 3.8) is 0 Å². The lowest BCUT2D eigenvalue weighted by atomic mass is 10.0. The maximum absolute atomic E-state index is 5.27. The fraction of sp³-hybridized carbons (Fsp3) is 0.125. The van der Waals surface area contributed by atoms with Crippen molar-refractivity contribution >= 4 is 5.82 Å². The van der Waals surface area contributed by atoms with Crippen LogP contribution in [0.25, 0.3) is 28.1 Å². The molecule has 4 nitrogen and oxygen atoms in total. The Bertz CT molecular complexity index is 1100. The van der Waals surface area contributed by atoms with E-state index in [4.69, 9.17) is 9.84 Å². The first-order valence-electron chi connectivity index (χ1n) is 9.49. The molecule has 0 atom stereocenters. The van der Waals surface area contributed by atoms with Gasteiger partial charge in [-0.25, -0.2) is 4.68 Å². The quantitative estimate of drug-likeness (QED) is 0.540. The lowest BCUT2D eigenvalue weighted by Gasteiger charge is -2.07. The molecule has 0 amide bonds. The third-order valence-corrected chi connectivity index (χ3v) is 5.23. The van der Waals surface area contributed by atoms with Crippen LogP contribution in [0.4, 0.5) is 5.82 Å². The summed E-state index contributed by atoms with van der Waals surface area (Å²) in [5.74, 6) is 1.93. The normalized spacial score (nSPS) is 12.5. The predicted octanol–water partition coefficient (Wildman–Crippen LogP) is 5.18. The van der Waals surface area contributed by atoms with Crippen LogP contribution in [0.15, 0.2) is 78.9 Å². The van der Waals surface area contributed by atoms with E-state index in [1.54, 1.807) is 7.11 Å². The molecular formula is C24H21N3O. The van der Waals surface area contributed by atoms with Gasteiger partial charge >= 0.3 is 0 Å². The Balaban J connectivity index is 1.54. The van der Waals surface area contributed by atoms with Crippen molar-refractivity contribution in [2.24, 2.45) is 0 Å². The van der Waals surface area contributed by atoms with Crippen LogP contribution in [-0.4, -0.2) is 23.4 Å². The first-order valence-corrected chi connectivity index (χ1v) is 9.49. The Labute approximate surface area is 164 Å². The van der Waals surface area contributed by atoms with Crippen LogP contribution < -0.4 is 10.1 Å². The zero-order valence-electron chi connectivity index (χ0n) is 15.7. The number of fused-ring (bicyclic) bond motifs is 1. The monoisotopic (exact) mass is 367 g/mol. The first kappa shape index (κ1) is 16.6. The third-order valence-electron chi connectivity index (χ3n) is 5.23. The van der Waals surface area contributed by atoms with Gasteiger partial charge in [-0.05, 0) is 41.8 Å². The van der Waals surface area contributed by atoms with Crippen LogP contribution in [0, 0.1) is 0 Å². The van der Waals surface area contributed by atoms with E-state index in [1.807, 2.05) is 35.0 Å². The van der Waals surface area contributed by atoms with E-state index in [-0.39, 0.29) is 0 Å². The fourth-order valence-electron chi connectivity index (χ4n) is 3.77. The molecule has 0 bridgehead atoms. The summed E-state index contributed by atoms with van der Waals surface area (Å²) < 4.78 is 7.28. The van der Waals surface area contributed by atoms with Crippen molar-refractivity contribution < 1.29 is 4.74 Å². The summed E-state index contributed by atoms with van der Waals surface area (Å²) in [6.45, 7) is 0.943. The molecule has 5 rings (SSSR count). The van der Waals surface area contributed by atoms with Gasteiger partial charge in [-0.2, -0.15) is 5.10 Å². The minimum Gasteiger partial charge on any atom is -0.497 e. The van der Waals surface area contributed by atoms with Gasteiger partial charge in [-0.3, -0.25) is 0 Å². The largest absolute Gasteiger partial charge is 0.497 e. The smallest absolute Gasteiger partial charge is 0.133 e. The molecule has 0 unspecified atom stereocenters. The molecule has 0 fully saturated rings. The van der Waals surface area contributed by atoms with E-state index in [2.05, 4.69) is 53.8 Å². The van der Waals surface area contributed by atoms with Gasteiger partial charge in [-0.15, -0.1) is 0 Å². The second-order valence-electron chi connectivity index (χ2n) is 6.91. The van der Waals surface area contributed by atoms with Gasteiger partial charge in [0, 0.05) is 17.7 Å². The van der Waals surface area contributed by atoms with Gasteiger partial charge < -0.3 is 10.1 Å². The third kappa shape index (κ3) is 2.83. The van der Waals surface area contributed by atoms with E-state index in [9.17, 15) is 0 Å². The van der Waals surface area contributed by atoms with Crippen LogP contribution in [0.2, 0.25) is 0 Å². The highest BCUT2D eigenvalue weighted by Gasteiger charge is 2.23. The second-order valence-corrected chi connectivity index (χ2v) is 6.91. The molecule has 3 aromatic carbocycles. The Morgan fingerprint density at radius 1 is 0.821 bits per heavy atom. The number of hydrogen-bond acceptors (Lipinski definition) is 3. The van der Waals surface area contributed by atoms with E-state index in [0.717, 1.165) is 41.5 Å². The Hall–Kier alpha value is -3.53. The molecule has 1 aromatic heterocycles. The SMILES string of the molecule is COc1ccc(-n2nc(-c3ccc(-c4ccccc4)cc3)c3c2NCC3)cc1. The molecule has 4 aromatic rings. The maximum Gasteiger partial charge on any atom is 0.133 e. The Morgan fingerprint density at radius 3 is 2.21 bits per heavy atom. The van der Waals surface area contributed by atoms with Crippen molar-refractivity contribution in [2.45, 2.75) is 6.42 Å². The molecule has 0 aliphatic carbocycles. The zero-order valence-corrected chi connectivity index (χ0v) is 15.7. The Kier molecular flexibility index (Phi) is 4.09. The van der Waals surface area contributed by atoms with Crippen molar-refractivity contribution in [1.82, 2.24) is 9.78 Å². The van der Waals surface area contributed by atoms with Gasteiger partial charge in [0.25, 0.3) is 0 Å². The number of ether oxygens (including phenoxy) is 1. The number of nitrogens with one attached hydrogen (secondary N) is 1. The molecule has 4 heteroatoms. The summed E-state index contributed by atoms with van der Waals surface area (Å²) in [7, 11) is 1.68. The summed E-state index contributed by atoms with van der Waals surface area (Å²) in [4.78, 5) is 0. The molecule has 28 heavy (non-hydrogen) atoms. The molecule has 0 saturated carbocycles. The molecule has 1 aliphatic rings. The summed E-state index contributed by atoms with van der Waals surface area (Å²) >= 11 is 0. The number of anilines is 1. The van der Waals surface area contributed by atoms with Crippen molar-refractivity contribution in [3.8, 4) is 33.8 Å². The predicted molar refractivity (Wildman–Crippen MR) is 113 cm³/mol. The fourth-order valence-corrected chi connectivity index (χ4v) is 3.77. The number of rotatable bonds is 4. The minimum absolute atomic E-state index is 0.845. The number of nitrogens with zero attached hydrogens (tertiary/aromatic N) is 2. The van der Waals surface area contributed by atoms with Crippen LogP contribution in [0.5, 0.6) is 5.75 Å². The molecule has 1 N–H and O–H groups in total. The molecule has 0 radical (unpaired) electrons. The lowest BCUT2D eigenvalue weighted by molar-refractivity contribution is 0.414. The lowest BCUT2D eigenvalue weighted by Crippen LogP contribution is -2.04. The number of hydrogen-bond donors (Lipinski definition) is 1. The number of methoxy groups -OCH3 is 1. The van der Waals surface area contributed by atoms with E-state index in [1.165, 1.54) is 16.7 Å². The molecule has 0 saturated heterocycles. The zero-order chi connectivity index (χ0) is 18.9. The first-order chi connectivity index (χ1) is 13.8. The summed E-state index contributed by atoms with van der Waals surface area (Å²) in [6.07, 6.45) is 0.987. The van der Waals surface area contributed by atoms with Gasteiger partial charge in [0.05, 0.1) is 18.5 Å². The van der Waals surface area contributed by atoms with Gasteiger partial charge in [0.1, 0.15) is 11.6 Å². The van der Waals surface area contributed by atoms with Gasteiger partial charge in [0.2, 0.25) is 0 Å². The van der Waals surface area contributed by atoms with Crippen molar-refractivity contribution in [2.75, 3.05) is 19.0 Å². The van der Waals surface area contributed by atoms with Crippen molar-refractivity contribution in [3.05, 3.63) is 84.4 Å². The maximum atomic E-state index is 5.27. The summed E-state index contributed by atoms with van der Waals surface area (Å²) in [6, 6.07) is 27.1. The highest BCUT2D eigenvalue weighted by molar-refractivity contribution is 5.75. The second kappa shape index (κ2) is 6.89. The Morgan fingerprint density at radius 2 is 1.50 bits per heavy atom. The number of aromatic nitrogens is 2. The topological polar surface area (TPSA) is 39.1 Å².